The van der Waals surface area contributed by atoms with Crippen molar-refractivity contribution >= 4 is 15.7 Å². The van der Waals surface area contributed by atoms with Gasteiger partial charge in [0.1, 0.15) is 5.82 Å². The normalized spacial score (nSPS) is 14.1. The van der Waals surface area contributed by atoms with E-state index in [1.165, 1.54) is 17.4 Å². The highest BCUT2D eigenvalue weighted by Crippen LogP contribution is 2.22. The summed E-state index contributed by atoms with van der Waals surface area (Å²) >= 11 is 0. The number of hydrogen-bond donors (Lipinski definition) is 1. The van der Waals surface area contributed by atoms with Crippen molar-refractivity contribution in [1.82, 2.24) is 4.31 Å². The second-order valence-corrected chi connectivity index (χ2v) is 7.18. The average molecular weight is 288 g/mol. The van der Waals surface area contributed by atoms with E-state index in [1.807, 2.05) is 20.8 Å². The lowest BCUT2D eigenvalue weighted by molar-refractivity contribution is 0.338. The summed E-state index contributed by atoms with van der Waals surface area (Å²) in [6.45, 7) is 5.92. The highest BCUT2D eigenvalue weighted by molar-refractivity contribution is 7.89. The topological polar surface area (TPSA) is 63.4 Å². The molecule has 1 aromatic rings. The monoisotopic (exact) mass is 288 g/mol. The van der Waals surface area contributed by atoms with Crippen molar-refractivity contribution in [3.8, 4) is 0 Å². The van der Waals surface area contributed by atoms with Crippen molar-refractivity contribution in [3.05, 3.63) is 24.0 Å². The highest BCUT2D eigenvalue weighted by Gasteiger charge is 2.26. The van der Waals surface area contributed by atoms with Crippen LogP contribution < -0.4 is 5.73 Å². The molecule has 108 valence electrons. The lowest BCUT2D eigenvalue weighted by atomic mass is 10.1. The van der Waals surface area contributed by atoms with Crippen LogP contribution in [0.2, 0.25) is 0 Å². The predicted molar refractivity (Wildman–Crippen MR) is 74.7 cm³/mol. The third-order valence-electron chi connectivity index (χ3n) is 3.08. The number of halogens is 1. The maximum Gasteiger partial charge on any atom is 0.243 e. The van der Waals surface area contributed by atoms with E-state index < -0.39 is 15.8 Å². The van der Waals surface area contributed by atoms with E-state index in [-0.39, 0.29) is 16.6 Å². The van der Waals surface area contributed by atoms with Gasteiger partial charge in [0.15, 0.2) is 0 Å². The van der Waals surface area contributed by atoms with Gasteiger partial charge < -0.3 is 5.73 Å². The average Bonchev–Trinajstić information content (AvgIpc) is 2.30. The van der Waals surface area contributed by atoms with Gasteiger partial charge in [0.05, 0.1) is 10.6 Å². The van der Waals surface area contributed by atoms with Crippen molar-refractivity contribution in [1.29, 1.82) is 0 Å². The second-order valence-electron chi connectivity index (χ2n) is 5.18. The van der Waals surface area contributed by atoms with Crippen molar-refractivity contribution in [3.63, 3.8) is 0 Å². The van der Waals surface area contributed by atoms with Gasteiger partial charge in [0, 0.05) is 13.1 Å². The third kappa shape index (κ3) is 3.67. The van der Waals surface area contributed by atoms with E-state index >= 15 is 0 Å². The van der Waals surface area contributed by atoms with E-state index in [0.29, 0.717) is 5.92 Å². The van der Waals surface area contributed by atoms with Gasteiger partial charge in [-0.1, -0.05) is 13.8 Å². The minimum absolute atomic E-state index is 0.0181. The maximum absolute atomic E-state index is 13.1. The van der Waals surface area contributed by atoms with Crippen LogP contribution in [0.4, 0.5) is 10.1 Å². The molecule has 0 aromatic heterocycles. The zero-order chi connectivity index (χ0) is 14.8. The van der Waals surface area contributed by atoms with Crippen molar-refractivity contribution in [2.75, 3.05) is 12.8 Å². The molecule has 0 fully saturated rings. The van der Waals surface area contributed by atoms with E-state index in [1.54, 1.807) is 0 Å². The summed E-state index contributed by atoms with van der Waals surface area (Å²) in [4.78, 5) is 0.0181. The molecule has 0 aliphatic carbocycles. The molecule has 0 heterocycles. The molecule has 19 heavy (non-hydrogen) atoms. The highest BCUT2D eigenvalue weighted by atomic mass is 32.2. The number of anilines is 1. The van der Waals surface area contributed by atoms with Crippen LogP contribution >= 0.6 is 0 Å². The smallest absolute Gasteiger partial charge is 0.243 e. The number of hydrogen-bond acceptors (Lipinski definition) is 3. The first-order valence-corrected chi connectivity index (χ1v) is 7.63. The number of sulfonamides is 1. The van der Waals surface area contributed by atoms with Crippen LogP contribution in [-0.2, 0) is 10.0 Å². The minimum Gasteiger partial charge on any atom is -0.396 e. The van der Waals surface area contributed by atoms with Crippen LogP contribution in [0, 0.1) is 11.7 Å². The van der Waals surface area contributed by atoms with Gasteiger partial charge in [0.25, 0.3) is 0 Å². The van der Waals surface area contributed by atoms with Gasteiger partial charge in [-0.05, 0) is 37.5 Å². The molecule has 0 radical (unpaired) electrons. The number of benzene rings is 1. The number of nitrogens with two attached hydrogens (primary N) is 1. The van der Waals surface area contributed by atoms with Crippen LogP contribution in [0.1, 0.15) is 27.2 Å². The summed E-state index contributed by atoms with van der Waals surface area (Å²) in [7, 11) is -2.11. The van der Waals surface area contributed by atoms with Crippen molar-refractivity contribution < 1.29 is 12.8 Å². The van der Waals surface area contributed by atoms with Gasteiger partial charge in [-0.25, -0.2) is 12.8 Å². The number of nitrogens with zero attached hydrogens (tertiary/aromatic N) is 1. The number of rotatable bonds is 5. The molecular weight excluding hydrogens is 267 g/mol. The fraction of sp³-hybridized carbons (Fsp3) is 0.538. The minimum atomic E-state index is -3.64. The van der Waals surface area contributed by atoms with Crippen LogP contribution in [0.25, 0.3) is 0 Å². The van der Waals surface area contributed by atoms with Gasteiger partial charge in [-0.3, -0.25) is 0 Å². The zero-order valence-electron chi connectivity index (χ0n) is 11.7. The molecule has 0 saturated heterocycles. The molecule has 4 nitrogen and oxygen atoms in total. The quantitative estimate of drug-likeness (QED) is 0.847. The van der Waals surface area contributed by atoms with Crippen LogP contribution in [0.5, 0.6) is 0 Å². The second kappa shape index (κ2) is 5.88. The van der Waals surface area contributed by atoms with Crippen molar-refractivity contribution in [2.45, 2.75) is 38.1 Å². The lowest BCUT2D eigenvalue weighted by Gasteiger charge is -2.25. The standard InChI is InChI=1S/C13H21FN2O2S/c1-9(2)7-10(3)16(4)19(17,18)11-5-6-12(14)13(15)8-11/h5-6,8-10H,7,15H2,1-4H3. The van der Waals surface area contributed by atoms with Gasteiger partial charge >= 0.3 is 0 Å². The largest absolute Gasteiger partial charge is 0.396 e. The van der Waals surface area contributed by atoms with Crippen LogP contribution in [-0.4, -0.2) is 25.8 Å². The molecule has 0 saturated carbocycles. The maximum atomic E-state index is 13.1. The molecule has 6 heteroatoms. The summed E-state index contributed by atoms with van der Waals surface area (Å²) in [5.41, 5.74) is 5.26. The molecule has 0 spiro atoms. The first-order valence-electron chi connectivity index (χ1n) is 6.19. The van der Waals surface area contributed by atoms with Gasteiger partial charge in [0.2, 0.25) is 10.0 Å². The van der Waals surface area contributed by atoms with Crippen molar-refractivity contribution in [2.24, 2.45) is 5.92 Å². The Morgan fingerprint density at radius 3 is 2.37 bits per heavy atom. The Bertz CT molecular complexity index is 544. The lowest BCUT2D eigenvalue weighted by Crippen LogP contribution is -2.35. The number of nitrogen functional groups attached to an aromatic ring is 1. The zero-order valence-corrected chi connectivity index (χ0v) is 12.5. The van der Waals surface area contributed by atoms with E-state index in [0.717, 1.165) is 18.6 Å². The predicted octanol–water partition coefficient (Wildman–Crippen LogP) is 2.46. The molecule has 1 aromatic carbocycles. The first-order chi connectivity index (χ1) is 8.66. The molecule has 1 rings (SSSR count). The Kier molecular flexibility index (Phi) is 4.92. The molecular formula is C13H21FN2O2S. The SMILES string of the molecule is CC(C)CC(C)N(C)S(=O)(=O)c1ccc(F)c(N)c1. The molecule has 0 aliphatic heterocycles. The fourth-order valence-corrected chi connectivity index (χ4v) is 3.32. The van der Waals surface area contributed by atoms with Gasteiger partial charge in [-0.15, -0.1) is 0 Å². The Hall–Kier alpha value is -1.14. The first kappa shape index (κ1) is 15.9. The molecule has 1 unspecified atom stereocenters. The van der Waals surface area contributed by atoms with Crippen LogP contribution in [0.15, 0.2) is 23.1 Å². The van der Waals surface area contributed by atoms with E-state index in [2.05, 4.69) is 0 Å². The summed E-state index contributed by atoms with van der Waals surface area (Å²) < 4.78 is 39.1. The Morgan fingerprint density at radius 1 is 1.32 bits per heavy atom. The molecule has 0 bridgehead atoms. The van der Waals surface area contributed by atoms with E-state index in [9.17, 15) is 12.8 Å². The fourth-order valence-electron chi connectivity index (χ4n) is 1.92. The molecule has 0 aliphatic rings. The summed E-state index contributed by atoms with van der Waals surface area (Å²) in [6, 6.07) is 3.34. The molecule has 1 atom stereocenters. The van der Waals surface area contributed by atoms with Crippen LogP contribution in [0.3, 0.4) is 0 Å². The summed E-state index contributed by atoms with van der Waals surface area (Å²) in [5, 5.41) is 0. The molecule has 0 amide bonds. The van der Waals surface area contributed by atoms with Gasteiger partial charge in [-0.2, -0.15) is 4.31 Å². The molecule has 2 N–H and O–H groups in total. The Labute approximate surface area is 114 Å². The summed E-state index contributed by atoms with van der Waals surface area (Å²) in [5.74, 6) is -0.220. The Morgan fingerprint density at radius 2 is 1.89 bits per heavy atom. The van der Waals surface area contributed by atoms with E-state index in [4.69, 9.17) is 5.73 Å². The third-order valence-corrected chi connectivity index (χ3v) is 5.05. The Balaban J connectivity index is 3.06. The summed E-state index contributed by atoms with van der Waals surface area (Å²) in [6.07, 6.45) is 0.756.